The zero-order chi connectivity index (χ0) is 18.8. The van der Waals surface area contributed by atoms with Gasteiger partial charge >= 0.3 is 0 Å². The van der Waals surface area contributed by atoms with Crippen molar-refractivity contribution in [2.24, 2.45) is 0 Å². The van der Waals surface area contributed by atoms with E-state index >= 15 is 0 Å². The van der Waals surface area contributed by atoms with Crippen LogP contribution in [-0.4, -0.2) is 40.3 Å². The van der Waals surface area contributed by atoms with Crippen LogP contribution >= 0.6 is 0 Å². The van der Waals surface area contributed by atoms with Gasteiger partial charge < -0.3 is 14.8 Å². The molecule has 2 aromatic heterocycles. The minimum absolute atomic E-state index is 0.147. The smallest absolute Gasteiger partial charge is 0.240 e. The molecular formula is C22H22N4O2. The zero-order valence-corrected chi connectivity index (χ0v) is 15.5. The molecule has 0 atom stereocenters. The largest absolute Gasteiger partial charge is 0.473 e. The van der Waals surface area contributed by atoms with E-state index in [9.17, 15) is 0 Å². The van der Waals surface area contributed by atoms with Gasteiger partial charge in [0, 0.05) is 36.7 Å². The van der Waals surface area contributed by atoms with Crippen LogP contribution in [0.4, 0.5) is 5.82 Å². The van der Waals surface area contributed by atoms with Crippen LogP contribution in [0.2, 0.25) is 0 Å². The number of ether oxygens (including phenoxy) is 2. The molecule has 1 saturated carbocycles. The van der Waals surface area contributed by atoms with Crippen LogP contribution in [0.5, 0.6) is 5.88 Å². The van der Waals surface area contributed by atoms with Crippen molar-refractivity contribution in [2.45, 2.75) is 31.4 Å². The molecule has 0 spiro atoms. The Hall–Kier alpha value is -2.99. The van der Waals surface area contributed by atoms with Crippen molar-refractivity contribution in [3.8, 4) is 5.88 Å². The molecule has 28 heavy (non-hydrogen) atoms. The van der Waals surface area contributed by atoms with Crippen LogP contribution in [0.25, 0.3) is 16.5 Å². The molecule has 3 heterocycles. The van der Waals surface area contributed by atoms with Crippen molar-refractivity contribution in [1.29, 1.82) is 0 Å². The van der Waals surface area contributed by atoms with Crippen molar-refractivity contribution in [3.05, 3.63) is 60.6 Å². The van der Waals surface area contributed by atoms with Crippen LogP contribution in [0.15, 0.2) is 54.9 Å². The van der Waals surface area contributed by atoms with Crippen LogP contribution < -0.4 is 10.1 Å². The van der Waals surface area contributed by atoms with Gasteiger partial charge in [-0.15, -0.1) is 0 Å². The molecule has 0 bridgehead atoms. The Balaban J connectivity index is 1.21. The predicted molar refractivity (Wildman–Crippen MR) is 108 cm³/mol. The standard InChI is InChI=1S/C22H22N4O2/c1-2-4-19-15(3-1)5-6-20(26-19)25-17-13-18(14-17)28-22-21(23-9-10-24-22)16-7-11-27-12-8-16/h1-7,9-10,17-18H,8,11-14H2,(H,25,26)/t17-,18+. The van der Waals surface area contributed by atoms with Crippen molar-refractivity contribution in [1.82, 2.24) is 15.0 Å². The van der Waals surface area contributed by atoms with Gasteiger partial charge in [0.15, 0.2) is 0 Å². The summed E-state index contributed by atoms with van der Waals surface area (Å²) in [6.45, 7) is 1.34. The van der Waals surface area contributed by atoms with Crippen molar-refractivity contribution in [2.75, 3.05) is 18.5 Å². The third-order valence-corrected chi connectivity index (χ3v) is 5.26. The van der Waals surface area contributed by atoms with E-state index in [1.54, 1.807) is 12.4 Å². The molecular weight excluding hydrogens is 352 g/mol. The second-order valence-electron chi connectivity index (χ2n) is 7.21. The highest BCUT2D eigenvalue weighted by molar-refractivity contribution is 5.80. The number of nitrogens with one attached hydrogen (secondary N) is 1. The molecule has 3 aromatic rings. The summed E-state index contributed by atoms with van der Waals surface area (Å²) < 4.78 is 11.5. The van der Waals surface area contributed by atoms with Crippen LogP contribution in [0, 0.1) is 0 Å². The lowest BCUT2D eigenvalue weighted by Crippen LogP contribution is -2.43. The van der Waals surface area contributed by atoms with E-state index in [1.165, 1.54) is 0 Å². The molecule has 0 saturated heterocycles. The number of aromatic nitrogens is 3. The number of fused-ring (bicyclic) bond motifs is 1. The van der Waals surface area contributed by atoms with E-state index in [2.05, 4.69) is 38.5 Å². The fourth-order valence-corrected chi connectivity index (χ4v) is 3.67. The Labute approximate surface area is 163 Å². The number of rotatable bonds is 5. The summed E-state index contributed by atoms with van der Waals surface area (Å²) in [6.07, 6.45) is 8.31. The number of para-hydroxylation sites is 1. The zero-order valence-electron chi connectivity index (χ0n) is 15.5. The first-order valence-corrected chi connectivity index (χ1v) is 9.72. The molecule has 1 aliphatic carbocycles. The van der Waals surface area contributed by atoms with E-state index < -0.39 is 0 Å². The maximum atomic E-state index is 6.16. The molecule has 1 fully saturated rings. The molecule has 0 amide bonds. The summed E-state index contributed by atoms with van der Waals surface area (Å²) in [7, 11) is 0. The van der Waals surface area contributed by atoms with Gasteiger partial charge in [-0.25, -0.2) is 15.0 Å². The summed E-state index contributed by atoms with van der Waals surface area (Å²) in [5.74, 6) is 1.54. The summed E-state index contributed by atoms with van der Waals surface area (Å²) in [4.78, 5) is 13.6. The first kappa shape index (κ1) is 17.1. The van der Waals surface area contributed by atoms with Gasteiger partial charge in [-0.2, -0.15) is 0 Å². The molecule has 6 nitrogen and oxygen atoms in total. The maximum Gasteiger partial charge on any atom is 0.240 e. The van der Waals surface area contributed by atoms with Crippen LogP contribution in [0.1, 0.15) is 25.0 Å². The lowest BCUT2D eigenvalue weighted by molar-refractivity contribution is 0.101. The van der Waals surface area contributed by atoms with Gasteiger partial charge in [0.2, 0.25) is 5.88 Å². The van der Waals surface area contributed by atoms with Gasteiger partial charge in [-0.1, -0.05) is 24.3 Å². The monoisotopic (exact) mass is 374 g/mol. The first-order chi connectivity index (χ1) is 13.8. The highest BCUT2D eigenvalue weighted by Gasteiger charge is 2.32. The Kier molecular flexibility index (Phi) is 4.62. The average Bonchev–Trinajstić information content (AvgIpc) is 2.73. The number of pyridine rings is 1. The molecule has 1 aliphatic heterocycles. The molecule has 0 unspecified atom stereocenters. The number of anilines is 1. The van der Waals surface area contributed by atoms with Crippen molar-refractivity contribution >= 4 is 22.3 Å². The Bertz CT molecular complexity index is 1010. The molecule has 1 aromatic carbocycles. The number of hydrogen-bond acceptors (Lipinski definition) is 6. The normalized spacial score (nSPS) is 21.6. The fraction of sp³-hybridized carbons (Fsp3) is 0.318. The van der Waals surface area contributed by atoms with E-state index in [1.807, 2.05) is 24.3 Å². The number of benzene rings is 1. The Morgan fingerprint density at radius 3 is 2.82 bits per heavy atom. The molecule has 0 radical (unpaired) electrons. The average molecular weight is 374 g/mol. The van der Waals surface area contributed by atoms with Gasteiger partial charge in [0.1, 0.15) is 17.6 Å². The quantitative estimate of drug-likeness (QED) is 0.732. The van der Waals surface area contributed by atoms with Crippen LogP contribution in [0.3, 0.4) is 0 Å². The molecule has 6 heteroatoms. The minimum Gasteiger partial charge on any atom is -0.473 e. The predicted octanol–water partition coefficient (Wildman–Crippen LogP) is 3.85. The fourth-order valence-electron chi connectivity index (χ4n) is 3.67. The van der Waals surface area contributed by atoms with Gasteiger partial charge in [-0.05, 0) is 30.2 Å². The van der Waals surface area contributed by atoms with Gasteiger partial charge in [-0.3, -0.25) is 0 Å². The number of nitrogens with zero attached hydrogens (tertiary/aromatic N) is 3. The molecule has 2 aliphatic rings. The topological polar surface area (TPSA) is 69.2 Å². The third kappa shape index (κ3) is 3.55. The van der Waals surface area contributed by atoms with E-state index in [-0.39, 0.29) is 6.10 Å². The summed E-state index contributed by atoms with van der Waals surface area (Å²) in [6, 6.07) is 12.7. The lowest BCUT2D eigenvalue weighted by Gasteiger charge is -2.36. The van der Waals surface area contributed by atoms with E-state index in [0.717, 1.165) is 53.9 Å². The maximum absolute atomic E-state index is 6.16. The molecule has 1 N–H and O–H groups in total. The Morgan fingerprint density at radius 1 is 1.04 bits per heavy atom. The highest BCUT2D eigenvalue weighted by Crippen LogP contribution is 2.32. The SMILES string of the molecule is C1=C(c2nccnc2O[C@H]2C[C@@H](Nc3ccc4ccccc4n3)C2)CCOC1. The molecule has 5 rings (SSSR count). The molecule has 142 valence electrons. The highest BCUT2D eigenvalue weighted by atomic mass is 16.5. The van der Waals surface area contributed by atoms with Gasteiger partial charge in [0.25, 0.3) is 0 Å². The van der Waals surface area contributed by atoms with Gasteiger partial charge in [0.05, 0.1) is 18.7 Å². The second kappa shape index (κ2) is 7.56. The summed E-state index contributed by atoms with van der Waals surface area (Å²) >= 11 is 0. The number of hydrogen-bond donors (Lipinski definition) is 1. The second-order valence-corrected chi connectivity index (χ2v) is 7.21. The third-order valence-electron chi connectivity index (χ3n) is 5.26. The van der Waals surface area contributed by atoms with Crippen molar-refractivity contribution in [3.63, 3.8) is 0 Å². The van der Waals surface area contributed by atoms with E-state index in [4.69, 9.17) is 9.47 Å². The van der Waals surface area contributed by atoms with Crippen molar-refractivity contribution < 1.29 is 9.47 Å². The summed E-state index contributed by atoms with van der Waals surface area (Å²) in [5, 5.41) is 4.66. The van der Waals surface area contributed by atoms with Crippen LogP contribution in [-0.2, 0) is 4.74 Å². The van der Waals surface area contributed by atoms with E-state index in [0.29, 0.717) is 18.5 Å². The first-order valence-electron chi connectivity index (χ1n) is 9.72. The minimum atomic E-state index is 0.147. The Morgan fingerprint density at radius 2 is 1.93 bits per heavy atom. The lowest BCUT2D eigenvalue weighted by atomic mass is 9.89. The summed E-state index contributed by atoms with van der Waals surface area (Å²) in [5.41, 5.74) is 3.01.